The third kappa shape index (κ3) is 0.772. The van der Waals surface area contributed by atoms with Crippen LogP contribution in [0.15, 0.2) is 18.3 Å². The second-order valence-electron chi connectivity index (χ2n) is 3.17. The minimum Gasteiger partial charge on any atom is -0.351 e. The van der Waals surface area contributed by atoms with E-state index < -0.39 is 0 Å². The maximum Gasteiger partial charge on any atom is 0.0222 e. The minimum atomic E-state index is 0.781. The Morgan fingerprint density at radius 1 is 1.60 bits per heavy atom. The Kier molecular flexibility index (Phi) is 1.30. The van der Waals surface area contributed by atoms with Gasteiger partial charge in [-0.25, -0.2) is 0 Å². The van der Waals surface area contributed by atoms with Crippen molar-refractivity contribution in [3.8, 4) is 0 Å². The standard InChI is InChI=1S/C9H13N/c1-8-4-2-6-10-7-3-5-9(8)10/h3,5,7-8H,2,4,6H2,1H3. The number of aryl methyl sites for hydroxylation is 1. The van der Waals surface area contributed by atoms with Crippen molar-refractivity contribution in [2.75, 3.05) is 0 Å². The van der Waals surface area contributed by atoms with Crippen LogP contribution in [-0.4, -0.2) is 4.57 Å². The van der Waals surface area contributed by atoms with E-state index in [0.29, 0.717) is 0 Å². The summed E-state index contributed by atoms with van der Waals surface area (Å²) in [6, 6.07) is 4.39. The lowest BCUT2D eigenvalue weighted by atomic mass is 9.99. The van der Waals surface area contributed by atoms with Gasteiger partial charge in [0.2, 0.25) is 0 Å². The molecule has 0 fully saturated rings. The molecule has 1 aliphatic rings. The maximum absolute atomic E-state index is 2.37. The molecule has 0 aromatic carbocycles. The predicted octanol–water partition coefficient (Wildman–Crippen LogP) is 2.39. The molecule has 0 saturated heterocycles. The Hall–Kier alpha value is -0.720. The lowest BCUT2D eigenvalue weighted by Crippen LogP contribution is -2.11. The largest absolute Gasteiger partial charge is 0.351 e. The van der Waals surface area contributed by atoms with Gasteiger partial charge in [-0.3, -0.25) is 0 Å². The van der Waals surface area contributed by atoms with E-state index in [1.54, 1.807) is 0 Å². The molecule has 54 valence electrons. The van der Waals surface area contributed by atoms with Gasteiger partial charge in [-0.05, 0) is 30.9 Å². The Morgan fingerprint density at radius 2 is 2.50 bits per heavy atom. The molecule has 0 bridgehead atoms. The molecule has 0 N–H and O–H groups in total. The summed E-state index contributed by atoms with van der Waals surface area (Å²) < 4.78 is 2.37. The molecule has 2 rings (SSSR count). The molecule has 0 aliphatic carbocycles. The summed E-state index contributed by atoms with van der Waals surface area (Å²) in [6.45, 7) is 3.54. The fourth-order valence-electron chi connectivity index (χ4n) is 1.79. The first-order valence-electron chi connectivity index (χ1n) is 4.03. The van der Waals surface area contributed by atoms with Crippen LogP contribution in [0.2, 0.25) is 0 Å². The highest BCUT2D eigenvalue weighted by Gasteiger charge is 2.13. The molecule has 0 radical (unpaired) electrons. The van der Waals surface area contributed by atoms with Gasteiger partial charge in [0, 0.05) is 18.4 Å². The SMILES string of the molecule is CC1CCCn2cccc21. The van der Waals surface area contributed by atoms with Gasteiger partial charge in [0.05, 0.1) is 0 Å². The lowest BCUT2D eigenvalue weighted by molar-refractivity contribution is 0.475. The van der Waals surface area contributed by atoms with Crippen molar-refractivity contribution in [2.45, 2.75) is 32.2 Å². The van der Waals surface area contributed by atoms with E-state index in [0.717, 1.165) is 5.92 Å². The van der Waals surface area contributed by atoms with Crippen LogP contribution in [0.3, 0.4) is 0 Å². The predicted molar refractivity (Wildman–Crippen MR) is 42.1 cm³/mol. The summed E-state index contributed by atoms with van der Waals surface area (Å²) in [7, 11) is 0. The molecular weight excluding hydrogens is 122 g/mol. The third-order valence-corrected chi connectivity index (χ3v) is 2.41. The molecule has 1 aromatic rings. The van der Waals surface area contributed by atoms with Crippen molar-refractivity contribution in [1.82, 2.24) is 4.57 Å². The van der Waals surface area contributed by atoms with E-state index in [2.05, 4.69) is 29.8 Å². The van der Waals surface area contributed by atoms with Gasteiger partial charge in [-0.2, -0.15) is 0 Å². The van der Waals surface area contributed by atoms with Crippen molar-refractivity contribution in [3.05, 3.63) is 24.0 Å². The Morgan fingerprint density at radius 3 is 3.30 bits per heavy atom. The average Bonchev–Trinajstić information content (AvgIpc) is 2.36. The average molecular weight is 135 g/mol. The summed E-state index contributed by atoms with van der Waals surface area (Å²) in [5.74, 6) is 0.781. The van der Waals surface area contributed by atoms with Gasteiger partial charge in [0.25, 0.3) is 0 Å². The van der Waals surface area contributed by atoms with Crippen LogP contribution in [0.5, 0.6) is 0 Å². The molecule has 1 unspecified atom stereocenters. The number of hydrogen-bond donors (Lipinski definition) is 0. The van der Waals surface area contributed by atoms with Gasteiger partial charge in [0.1, 0.15) is 0 Å². The zero-order valence-corrected chi connectivity index (χ0v) is 6.38. The molecule has 0 saturated carbocycles. The van der Waals surface area contributed by atoms with Crippen LogP contribution in [-0.2, 0) is 6.54 Å². The first-order chi connectivity index (χ1) is 4.88. The van der Waals surface area contributed by atoms with Crippen molar-refractivity contribution in [1.29, 1.82) is 0 Å². The van der Waals surface area contributed by atoms with Gasteiger partial charge < -0.3 is 4.57 Å². The molecule has 1 aromatic heterocycles. The molecule has 0 amide bonds. The van der Waals surface area contributed by atoms with Crippen LogP contribution >= 0.6 is 0 Å². The topological polar surface area (TPSA) is 4.93 Å². The van der Waals surface area contributed by atoms with E-state index >= 15 is 0 Å². The molecule has 1 aliphatic heterocycles. The van der Waals surface area contributed by atoms with Crippen LogP contribution in [0, 0.1) is 0 Å². The molecule has 1 atom stereocenters. The molecule has 0 spiro atoms. The van der Waals surface area contributed by atoms with E-state index in [1.807, 2.05) is 0 Å². The maximum atomic E-state index is 2.37. The van der Waals surface area contributed by atoms with Gasteiger partial charge in [-0.1, -0.05) is 6.92 Å². The van der Waals surface area contributed by atoms with Crippen LogP contribution in [0.4, 0.5) is 0 Å². The number of rotatable bonds is 0. The lowest BCUT2D eigenvalue weighted by Gasteiger charge is -2.20. The quantitative estimate of drug-likeness (QED) is 0.514. The summed E-state index contributed by atoms with van der Waals surface area (Å²) in [5, 5.41) is 0. The monoisotopic (exact) mass is 135 g/mol. The smallest absolute Gasteiger partial charge is 0.0222 e. The highest BCUT2D eigenvalue weighted by Crippen LogP contribution is 2.26. The summed E-state index contributed by atoms with van der Waals surface area (Å²) in [5.41, 5.74) is 1.52. The normalized spacial score (nSPS) is 24.3. The van der Waals surface area contributed by atoms with E-state index in [4.69, 9.17) is 0 Å². The van der Waals surface area contributed by atoms with Gasteiger partial charge >= 0.3 is 0 Å². The first-order valence-corrected chi connectivity index (χ1v) is 4.03. The number of aromatic nitrogens is 1. The zero-order valence-electron chi connectivity index (χ0n) is 6.38. The van der Waals surface area contributed by atoms with Crippen LogP contribution < -0.4 is 0 Å². The van der Waals surface area contributed by atoms with Gasteiger partial charge in [-0.15, -0.1) is 0 Å². The Labute approximate surface area is 61.7 Å². The second kappa shape index (κ2) is 2.15. The summed E-state index contributed by atoms with van der Waals surface area (Å²) in [6.07, 6.45) is 4.90. The van der Waals surface area contributed by atoms with Crippen molar-refractivity contribution < 1.29 is 0 Å². The van der Waals surface area contributed by atoms with Crippen LogP contribution in [0.1, 0.15) is 31.4 Å². The molecule has 1 heteroatoms. The number of fused-ring (bicyclic) bond motifs is 1. The number of hydrogen-bond acceptors (Lipinski definition) is 0. The molecular formula is C9H13N. The number of nitrogens with zero attached hydrogens (tertiary/aromatic N) is 1. The fraction of sp³-hybridized carbons (Fsp3) is 0.556. The van der Waals surface area contributed by atoms with E-state index in [1.165, 1.54) is 25.1 Å². The third-order valence-electron chi connectivity index (χ3n) is 2.41. The second-order valence-corrected chi connectivity index (χ2v) is 3.17. The van der Waals surface area contributed by atoms with Crippen molar-refractivity contribution in [2.24, 2.45) is 0 Å². The van der Waals surface area contributed by atoms with Crippen LogP contribution in [0.25, 0.3) is 0 Å². The van der Waals surface area contributed by atoms with Gasteiger partial charge in [0.15, 0.2) is 0 Å². The molecule has 1 nitrogen and oxygen atoms in total. The molecule has 2 heterocycles. The fourth-order valence-corrected chi connectivity index (χ4v) is 1.79. The van der Waals surface area contributed by atoms with Crippen molar-refractivity contribution >= 4 is 0 Å². The minimum absolute atomic E-state index is 0.781. The molecule has 10 heavy (non-hydrogen) atoms. The highest BCUT2D eigenvalue weighted by atomic mass is 15.0. The first kappa shape index (κ1) is 6.02. The van der Waals surface area contributed by atoms with Crippen molar-refractivity contribution in [3.63, 3.8) is 0 Å². The van der Waals surface area contributed by atoms with E-state index in [9.17, 15) is 0 Å². The Bertz CT molecular complexity index is 224. The van der Waals surface area contributed by atoms with E-state index in [-0.39, 0.29) is 0 Å². The Balaban J connectivity index is 2.41. The summed E-state index contributed by atoms with van der Waals surface area (Å²) >= 11 is 0. The zero-order chi connectivity index (χ0) is 6.97. The summed E-state index contributed by atoms with van der Waals surface area (Å²) in [4.78, 5) is 0. The highest BCUT2D eigenvalue weighted by molar-refractivity contribution is 5.13.